The maximum absolute atomic E-state index is 9.59. The lowest BCUT2D eigenvalue weighted by atomic mass is 10.0. The fourth-order valence-corrected chi connectivity index (χ4v) is 1.29. The molecule has 1 nitrogen and oxygen atoms in total. The minimum atomic E-state index is 0.368. The van der Waals surface area contributed by atoms with Gasteiger partial charge in [-0.15, -0.1) is 0 Å². The van der Waals surface area contributed by atoms with Gasteiger partial charge in [-0.25, -0.2) is 0 Å². The summed E-state index contributed by atoms with van der Waals surface area (Å²) in [7, 11) is 0. The Morgan fingerprint density at radius 2 is 1.85 bits per heavy atom. The number of allylic oxidation sites excluding steroid dienone is 2. The normalized spacial score (nSPS) is 12.5. The van der Waals surface area contributed by atoms with Crippen molar-refractivity contribution in [3.05, 3.63) is 35.4 Å². The summed E-state index contributed by atoms with van der Waals surface area (Å²) >= 11 is 0. The zero-order valence-electron chi connectivity index (χ0n) is 8.46. The molecule has 0 aromatic heterocycles. The van der Waals surface area contributed by atoms with E-state index in [1.165, 1.54) is 11.1 Å². The van der Waals surface area contributed by atoms with Crippen molar-refractivity contribution < 1.29 is 5.11 Å². The van der Waals surface area contributed by atoms with Crippen molar-refractivity contribution in [3.8, 4) is 5.75 Å². The summed E-state index contributed by atoms with van der Waals surface area (Å²) < 4.78 is 0. The molecule has 0 amide bonds. The summed E-state index contributed by atoms with van der Waals surface area (Å²) in [4.78, 5) is 0. The molecular formula is C12H16O. The van der Waals surface area contributed by atoms with E-state index in [1.54, 1.807) is 6.07 Å². The molecule has 13 heavy (non-hydrogen) atoms. The number of hydrogen-bond donors (Lipinski definition) is 1. The highest BCUT2D eigenvalue weighted by molar-refractivity contribution is 5.70. The fourth-order valence-electron chi connectivity index (χ4n) is 1.29. The van der Waals surface area contributed by atoms with Gasteiger partial charge in [-0.1, -0.05) is 30.7 Å². The van der Waals surface area contributed by atoms with Crippen LogP contribution in [0.2, 0.25) is 0 Å². The highest BCUT2D eigenvalue weighted by Gasteiger charge is 2.03. The van der Waals surface area contributed by atoms with Gasteiger partial charge in [0, 0.05) is 5.56 Å². The van der Waals surface area contributed by atoms with E-state index in [2.05, 4.69) is 13.8 Å². The molecule has 0 aliphatic heterocycles. The molecule has 0 atom stereocenters. The molecule has 0 aliphatic rings. The maximum atomic E-state index is 9.59. The molecule has 1 heteroatoms. The van der Waals surface area contributed by atoms with E-state index in [-0.39, 0.29) is 0 Å². The topological polar surface area (TPSA) is 20.2 Å². The van der Waals surface area contributed by atoms with Crippen LogP contribution in [-0.2, 0) is 0 Å². The SMILES string of the molecule is CCC(C)=C(C)c1ccccc1O. The number of rotatable bonds is 2. The Labute approximate surface area is 79.7 Å². The van der Waals surface area contributed by atoms with Crippen LogP contribution in [0.3, 0.4) is 0 Å². The third kappa shape index (κ3) is 2.11. The van der Waals surface area contributed by atoms with Crippen molar-refractivity contribution in [2.24, 2.45) is 0 Å². The zero-order valence-corrected chi connectivity index (χ0v) is 8.46. The Balaban J connectivity index is 3.16. The second-order valence-corrected chi connectivity index (χ2v) is 3.28. The summed E-state index contributed by atoms with van der Waals surface area (Å²) in [6.45, 7) is 6.27. The van der Waals surface area contributed by atoms with E-state index >= 15 is 0 Å². The van der Waals surface area contributed by atoms with Gasteiger partial charge in [0.15, 0.2) is 0 Å². The molecule has 1 aromatic carbocycles. The van der Waals surface area contributed by atoms with Gasteiger partial charge in [-0.3, -0.25) is 0 Å². The van der Waals surface area contributed by atoms with Gasteiger partial charge in [0.05, 0.1) is 0 Å². The number of hydrogen-bond acceptors (Lipinski definition) is 1. The Morgan fingerprint density at radius 3 is 2.38 bits per heavy atom. The molecule has 70 valence electrons. The third-order valence-corrected chi connectivity index (χ3v) is 2.48. The van der Waals surface area contributed by atoms with Gasteiger partial charge < -0.3 is 5.11 Å². The van der Waals surface area contributed by atoms with Crippen LogP contribution in [0.5, 0.6) is 5.75 Å². The first kappa shape index (κ1) is 9.85. The molecule has 0 bridgehead atoms. The van der Waals surface area contributed by atoms with Gasteiger partial charge in [0.2, 0.25) is 0 Å². The molecule has 0 heterocycles. The Hall–Kier alpha value is -1.24. The van der Waals surface area contributed by atoms with Crippen molar-refractivity contribution in [1.29, 1.82) is 0 Å². The van der Waals surface area contributed by atoms with Crippen LogP contribution in [0.15, 0.2) is 29.8 Å². The van der Waals surface area contributed by atoms with E-state index in [0.29, 0.717) is 5.75 Å². The highest BCUT2D eigenvalue weighted by atomic mass is 16.3. The molecule has 0 spiro atoms. The van der Waals surface area contributed by atoms with Crippen molar-refractivity contribution in [2.45, 2.75) is 27.2 Å². The van der Waals surface area contributed by atoms with Gasteiger partial charge in [0.25, 0.3) is 0 Å². The predicted molar refractivity (Wildman–Crippen MR) is 56.7 cm³/mol. The molecule has 1 rings (SSSR count). The average Bonchev–Trinajstić information content (AvgIpc) is 2.16. The fraction of sp³-hybridized carbons (Fsp3) is 0.333. The molecule has 1 aromatic rings. The summed E-state index contributed by atoms with van der Waals surface area (Å²) in [5.41, 5.74) is 3.45. The van der Waals surface area contributed by atoms with Gasteiger partial charge >= 0.3 is 0 Å². The second-order valence-electron chi connectivity index (χ2n) is 3.28. The van der Waals surface area contributed by atoms with E-state index in [0.717, 1.165) is 12.0 Å². The number of para-hydroxylation sites is 1. The highest BCUT2D eigenvalue weighted by Crippen LogP contribution is 2.27. The Bertz CT molecular complexity index is 324. The second kappa shape index (κ2) is 4.13. The first-order valence-electron chi connectivity index (χ1n) is 4.61. The maximum Gasteiger partial charge on any atom is 0.123 e. The van der Waals surface area contributed by atoms with Crippen LogP contribution in [0.1, 0.15) is 32.8 Å². The van der Waals surface area contributed by atoms with E-state index in [1.807, 2.05) is 25.1 Å². The lowest BCUT2D eigenvalue weighted by Crippen LogP contribution is -1.84. The van der Waals surface area contributed by atoms with Gasteiger partial charge in [0.1, 0.15) is 5.75 Å². The van der Waals surface area contributed by atoms with E-state index in [9.17, 15) is 5.11 Å². The number of phenolic OH excluding ortho intramolecular Hbond substituents is 1. The summed E-state index contributed by atoms with van der Waals surface area (Å²) in [5.74, 6) is 0.368. The monoisotopic (exact) mass is 176 g/mol. The van der Waals surface area contributed by atoms with Crippen molar-refractivity contribution in [1.82, 2.24) is 0 Å². The lowest BCUT2D eigenvalue weighted by Gasteiger charge is -2.07. The van der Waals surface area contributed by atoms with Gasteiger partial charge in [-0.2, -0.15) is 0 Å². The lowest BCUT2D eigenvalue weighted by molar-refractivity contribution is 0.473. The Kier molecular flexibility index (Phi) is 3.13. The molecule has 1 N–H and O–H groups in total. The van der Waals surface area contributed by atoms with Crippen LogP contribution < -0.4 is 0 Å². The smallest absolute Gasteiger partial charge is 0.123 e. The van der Waals surface area contributed by atoms with Crippen LogP contribution in [-0.4, -0.2) is 5.11 Å². The largest absolute Gasteiger partial charge is 0.507 e. The van der Waals surface area contributed by atoms with Crippen LogP contribution >= 0.6 is 0 Å². The number of phenols is 1. The first-order chi connectivity index (χ1) is 6.16. The first-order valence-corrected chi connectivity index (χ1v) is 4.61. The quantitative estimate of drug-likeness (QED) is 0.730. The molecule has 0 unspecified atom stereocenters. The Morgan fingerprint density at radius 1 is 1.23 bits per heavy atom. The molecule has 0 saturated carbocycles. The average molecular weight is 176 g/mol. The van der Waals surface area contributed by atoms with Crippen molar-refractivity contribution in [3.63, 3.8) is 0 Å². The minimum Gasteiger partial charge on any atom is -0.507 e. The molecule has 0 saturated heterocycles. The summed E-state index contributed by atoms with van der Waals surface area (Å²) in [6, 6.07) is 7.46. The third-order valence-electron chi connectivity index (χ3n) is 2.48. The standard InChI is InChI=1S/C12H16O/c1-4-9(2)10(3)11-7-5-6-8-12(11)13/h5-8,13H,4H2,1-3H3. The van der Waals surface area contributed by atoms with Crippen LogP contribution in [0.4, 0.5) is 0 Å². The van der Waals surface area contributed by atoms with Crippen LogP contribution in [0, 0.1) is 0 Å². The number of benzene rings is 1. The molecular weight excluding hydrogens is 160 g/mol. The molecule has 0 aliphatic carbocycles. The van der Waals surface area contributed by atoms with E-state index < -0.39 is 0 Å². The van der Waals surface area contributed by atoms with E-state index in [4.69, 9.17) is 0 Å². The minimum absolute atomic E-state index is 0.368. The molecule has 0 fully saturated rings. The zero-order chi connectivity index (χ0) is 9.84. The van der Waals surface area contributed by atoms with Gasteiger partial charge in [-0.05, 0) is 31.9 Å². The van der Waals surface area contributed by atoms with Crippen molar-refractivity contribution in [2.75, 3.05) is 0 Å². The summed E-state index contributed by atoms with van der Waals surface area (Å²) in [5, 5.41) is 9.59. The van der Waals surface area contributed by atoms with Crippen LogP contribution in [0.25, 0.3) is 5.57 Å². The molecule has 0 radical (unpaired) electrons. The number of aromatic hydroxyl groups is 1. The predicted octanol–water partition coefficient (Wildman–Crippen LogP) is 3.60. The van der Waals surface area contributed by atoms with Crippen molar-refractivity contribution >= 4 is 5.57 Å². The summed E-state index contributed by atoms with van der Waals surface area (Å²) in [6.07, 6.45) is 1.03.